The molecule has 0 rings (SSSR count). The van der Waals surface area contributed by atoms with Gasteiger partial charge in [-0.05, 0) is 20.3 Å². The molecule has 0 aromatic carbocycles. The Morgan fingerprint density at radius 3 is 1.81 bits per heavy atom. The number of hydrogen-bond acceptors (Lipinski definition) is 8. The number of carbonyl (C=O) groups is 2. The van der Waals surface area contributed by atoms with Gasteiger partial charge in [-0.15, -0.1) is 0 Å². The van der Waals surface area contributed by atoms with E-state index < -0.39 is 27.6 Å². The summed E-state index contributed by atoms with van der Waals surface area (Å²) in [4.78, 5) is 56.9. The molecular formula is C12H20O12P2. The molecule has 14 heteroatoms. The highest BCUT2D eigenvalue weighted by Crippen LogP contribution is 2.36. The van der Waals surface area contributed by atoms with E-state index >= 15 is 0 Å². The third kappa shape index (κ3) is 13.7. The molecule has 0 aliphatic carbocycles. The minimum Gasteiger partial charge on any atom is -0.459 e. The Bertz CT molecular complexity index is 641. The van der Waals surface area contributed by atoms with Crippen LogP contribution in [0.4, 0.5) is 0 Å². The van der Waals surface area contributed by atoms with E-state index in [2.05, 4.69) is 9.05 Å². The van der Waals surface area contributed by atoms with Crippen molar-refractivity contribution in [2.75, 3.05) is 19.8 Å². The molecule has 0 fully saturated rings. The van der Waals surface area contributed by atoms with Gasteiger partial charge in [0.1, 0.15) is 19.5 Å². The molecule has 4 N–H and O–H groups in total. The molecule has 12 nitrogen and oxygen atoms in total. The molecule has 0 unspecified atom stereocenters. The van der Waals surface area contributed by atoms with E-state index in [1.807, 2.05) is 0 Å². The Balaban J connectivity index is 4.12. The second kappa shape index (κ2) is 11.2. The number of hydrogen-bond donors (Lipinski definition) is 4. The highest BCUT2D eigenvalue weighted by Gasteiger charge is 2.15. The van der Waals surface area contributed by atoms with Gasteiger partial charge in [0.2, 0.25) is 0 Å². The van der Waals surface area contributed by atoms with Crippen molar-refractivity contribution >= 4 is 27.6 Å². The van der Waals surface area contributed by atoms with Gasteiger partial charge in [-0.3, -0.25) is 14.3 Å². The van der Waals surface area contributed by atoms with Crippen LogP contribution in [0, 0.1) is 0 Å². The summed E-state index contributed by atoms with van der Waals surface area (Å²) in [5.41, 5.74) is -0.0439. The van der Waals surface area contributed by atoms with Gasteiger partial charge in [-0.1, -0.05) is 6.08 Å². The van der Waals surface area contributed by atoms with E-state index in [0.717, 1.165) is 0 Å². The first-order chi connectivity index (χ1) is 11.8. The third-order valence-electron chi connectivity index (χ3n) is 2.39. The topological polar surface area (TPSA) is 186 Å². The lowest BCUT2D eigenvalue weighted by atomic mass is 10.2. The first kappa shape index (κ1) is 24.5. The second-order valence-corrected chi connectivity index (χ2v) is 7.10. The third-order valence-corrected chi connectivity index (χ3v) is 3.29. The fraction of sp³-hybridized carbons (Fsp3) is 0.500. The van der Waals surface area contributed by atoms with Gasteiger partial charge in [0.25, 0.3) is 0 Å². The van der Waals surface area contributed by atoms with Gasteiger partial charge in [-0.25, -0.2) is 18.7 Å². The van der Waals surface area contributed by atoms with Gasteiger partial charge in [0.15, 0.2) is 0 Å². The smallest absolute Gasteiger partial charge is 0.459 e. The van der Waals surface area contributed by atoms with Crippen molar-refractivity contribution in [1.82, 2.24) is 0 Å². The van der Waals surface area contributed by atoms with E-state index in [-0.39, 0.29) is 37.4 Å². The average Bonchev–Trinajstić information content (AvgIpc) is 2.50. The normalized spacial score (nSPS) is 13.3. The van der Waals surface area contributed by atoms with Gasteiger partial charge >= 0.3 is 27.6 Å². The monoisotopic (exact) mass is 418 g/mol. The zero-order valence-electron chi connectivity index (χ0n) is 13.9. The Hall–Kier alpha value is -1.52. The number of phosphoric acid groups is 2. The molecule has 26 heavy (non-hydrogen) atoms. The lowest BCUT2D eigenvalue weighted by molar-refractivity contribution is -0.147. The van der Waals surface area contributed by atoms with Gasteiger partial charge in [0.05, 0.1) is 12.2 Å². The Kier molecular flexibility index (Phi) is 10.6. The van der Waals surface area contributed by atoms with Crippen molar-refractivity contribution < 1.29 is 56.8 Å². The summed E-state index contributed by atoms with van der Waals surface area (Å²) < 4.78 is 38.6. The van der Waals surface area contributed by atoms with Crippen molar-refractivity contribution in [2.45, 2.75) is 20.3 Å². The van der Waals surface area contributed by atoms with Crippen LogP contribution in [0.2, 0.25) is 0 Å². The number of ether oxygens (including phenoxy) is 2. The second-order valence-electron chi connectivity index (χ2n) is 4.67. The SMILES string of the molecule is CC(=CCCOP(=O)(O)O)C(=O)OCCOC(=O)C(C)=COP(=O)(O)O. The maximum Gasteiger partial charge on any atom is 0.524 e. The largest absolute Gasteiger partial charge is 0.524 e. The Morgan fingerprint density at radius 2 is 1.35 bits per heavy atom. The van der Waals surface area contributed by atoms with E-state index in [0.29, 0.717) is 6.26 Å². The van der Waals surface area contributed by atoms with E-state index in [4.69, 9.17) is 29.0 Å². The van der Waals surface area contributed by atoms with Crippen molar-refractivity contribution in [2.24, 2.45) is 0 Å². The van der Waals surface area contributed by atoms with Crippen LogP contribution in [0.3, 0.4) is 0 Å². The Morgan fingerprint density at radius 1 is 0.846 bits per heavy atom. The minimum absolute atomic E-state index is 0.0740. The molecule has 0 heterocycles. The van der Waals surface area contributed by atoms with Gasteiger partial charge in [-0.2, -0.15) is 0 Å². The summed E-state index contributed by atoms with van der Waals surface area (Å²) in [5.74, 6) is -1.65. The average molecular weight is 418 g/mol. The summed E-state index contributed by atoms with van der Waals surface area (Å²) in [6, 6.07) is 0. The van der Waals surface area contributed by atoms with Crippen LogP contribution < -0.4 is 0 Å². The number of phosphoric ester groups is 2. The van der Waals surface area contributed by atoms with Crippen molar-refractivity contribution in [3.63, 3.8) is 0 Å². The number of rotatable bonds is 11. The lowest BCUT2D eigenvalue weighted by Crippen LogP contribution is -2.15. The van der Waals surface area contributed by atoms with Crippen LogP contribution in [0.5, 0.6) is 0 Å². The summed E-state index contributed by atoms with van der Waals surface area (Å²) in [7, 11) is -9.30. The zero-order valence-corrected chi connectivity index (χ0v) is 15.7. The van der Waals surface area contributed by atoms with Crippen LogP contribution >= 0.6 is 15.6 Å². The van der Waals surface area contributed by atoms with Crippen LogP contribution in [-0.4, -0.2) is 51.3 Å². The van der Waals surface area contributed by atoms with Crippen LogP contribution in [0.1, 0.15) is 20.3 Å². The highest BCUT2D eigenvalue weighted by molar-refractivity contribution is 7.46. The molecule has 150 valence electrons. The van der Waals surface area contributed by atoms with E-state index in [1.165, 1.54) is 19.9 Å². The van der Waals surface area contributed by atoms with E-state index in [9.17, 15) is 18.7 Å². The molecule has 0 aliphatic heterocycles. The first-order valence-electron chi connectivity index (χ1n) is 6.93. The fourth-order valence-corrected chi connectivity index (χ4v) is 1.86. The maximum atomic E-state index is 11.6. The molecule has 0 amide bonds. The van der Waals surface area contributed by atoms with Crippen molar-refractivity contribution in [3.05, 3.63) is 23.5 Å². The van der Waals surface area contributed by atoms with Crippen LogP contribution in [0.25, 0.3) is 0 Å². The molecule has 0 spiro atoms. The quantitative estimate of drug-likeness (QED) is 0.120. The van der Waals surface area contributed by atoms with Crippen LogP contribution in [-0.2, 0) is 37.2 Å². The highest BCUT2D eigenvalue weighted by atomic mass is 31.2. The summed E-state index contributed by atoms with van der Waals surface area (Å²) in [5, 5.41) is 0. The summed E-state index contributed by atoms with van der Waals surface area (Å²) in [6.45, 7) is 1.76. The van der Waals surface area contributed by atoms with Gasteiger partial charge in [0, 0.05) is 5.57 Å². The van der Waals surface area contributed by atoms with E-state index in [1.54, 1.807) is 0 Å². The molecule has 0 atom stereocenters. The fourth-order valence-electron chi connectivity index (χ4n) is 1.22. The zero-order chi connectivity index (χ0) is 20.4. The molecule has 0 bridgehead atoms. The molecule has 0 saturated carbocycles. The Labute approximate surface area is 148 Å². The molecular weight excluding hydrogens is 398 g/mol. The standard InChI is InChI=1S/C12H20O12P2/c1-9(4-3-5-23-25(15,16)17)11(13)21-6-7-22-12(14)10(2)8-24-26(18,19)20/h4,8H,3,5-7H2,1-2H3,(H2,15,16,17)(H2,18,19,20). The first-order valence-corrected chi connectivity index (χ1v) is 9.99. The predicted molar refractivity (Wildman–Crippen MR) is 85.2 cm³/mol. The summed E-state index contributed by atoms with van der Waals surface area (Å²) >= 11 is 0. The summed E-state index contributed by atoms with van der Waals surface area (Å²) in [6.07, 6.45) is 1.99. The predicted octanol–water partition coefficient (Wildman–Crippen LogP) is 0.532. The number of carbonyl (C=O) groups excluding carboxylic acids is 2. The van der Waals surface area contributed by atoms with Crippen molar-refractivity contribution in [3.8, 4) is 0 Å². The maximum absolute atomic E-state index is 11.6. The molecule has 0 aromatic heterocycles. The molecule has 0 saturated heterocycles. The molecule has 0 aromatic rings. The number of esters is 2. The molecule has 0 radical (unpaired) electrons. The minimum atomic E-state index is -4.75. The van der Waals surface area contributed by atoms with Crippen molar-refractivity contribution in [1.29, 1.82) is 0 Å². The van der Waals surface area contributed by atoms with Gasteiger partial charge < -0.3 is 23.8 Å². The van der Waals surface area contributed by atoms with Crippen LogP contribution in [0.15, 0.2) is 23.5 Å². The molecule has 0 aliphatic rings. The lowest BCUT2D eigenvalue weighted by Gasteiger charge is -2.07.